The van der Waals surface area contributed by atoms with E-state index in [1.54, 1.807) is 0 Å². The molecule has 0 amide bonds. The summed E-state index contributed by atoms with van der Waals surface area (Å²) < 4.78 is 0. The normalized spacial score (nSPS) is 24.4. The van der Waals surface area contributed by atoms with Crippen LogP contribution in [0.15, 0.2) is 0 Å². The van der Waals surface area contributed by atoms with Crippen molar-refractivity contribution in [2.24, 2.45) is 0 Å². The van der Waals surface area contributed by atoms with Gasteiger partial charge in [0.15, 0.2) is 0 Å². The number of terminal acetylenes is 1. The van der Waals surface area contributed by atoms with Crippen LogP contribution in [-0.2, 0) is 0 Å². The van der Waals surface area contributed by atoms with Gasteiger partial charge in [-0.3, -0.25) is 4.90 Å². The molecule has 0 radical (unpaired) electrons. The van der Waals surface area contributed by atoms with Crippen LogP contribution in [0.1, 0.15) is 64.7 Å². The lowest BCUT2D eigenvalue weighted by atomic mass is 9.83. The van der Waals surface area contributed by atoms with Gasteiger partial charge in [0.25, 0.3) is 0 Å². The Morgan fingerprint density at radius 2 is 1.89 bits per heavy atom. The highest BCUT2D eigenvalue weighted by molar-refractivity contribution is 5.04. The van der Waals surface area contributed by atoms with Crippen LogP contribution in [0.5, 0.6) is 0 Å². The van der Waals surface area contributed by atoms with Gasteiger partial charge in [-0.05, 0) is 58.2 Å². The van der Waals surface area contributed by atoms with Crippen LogP contribution in [-0.4, -0.2) is 36.1 Å². The van der Waals surface area contributed by atoms with E-state index in [4.69, 9.17) is 6.42 Å². The molecule has 1 atom stereocenters. The molecule has 0 aromatic rings. The van der Waals surface area contributed by atoms with Gasteiger partial charge in [-0.15, -0.1) is 12.3 Å². The van der Waals surface area contributed by atoms with Gasteiger partial charge in [-0.25, -0.2) is 0 Å². The Kier molecular flexibility index (Phi) is 5.73. The maximum Gasteiger partial charge on any atom is 0.0362 e. The van der Waals surface area contributed by atoms with Crippen LogP contribution >= 0.6 is 0 Å². The highest BCUT2D eigenvalue weighted by atomic mass is 15.2. The van der Waals surface area contributed by atoms with Crippen molar-refractivity contribution in [3.05, 3.63) is 0 Å². The zero-order chi connectivity index (χ0) is 13.6. The van der Waals surface area contributed by atoms with E-state index in [1.807, 2.05) is 0 Å². The van der Waals surface area contributed by atoms with Crippen LogP contribution < -0.4 is 5.32 Å². The molecule has 1 aliphatic heterocycles. The second-order valence-electron chi connectivity index (χ2n) is 6.21. The minimum atomic E-state index is 0.446. The molecule has 108 valence electrons. The maximum absolute atomic E-state index is 5.42. The van der Waals surface area contributed by atoms with Crippen LogP contribution in [0.2, 0.25) is 0 Å². The highest BCUT2D eigenvalue weighted by Gasteiger charge is 2.45. The largest absolute Gasteiger partial charge is 0.312 e. The summed E-state index contributed by atoms with van der Waals surface area (Å²) in [5, 5.41) is 3.79. The molecular weight excluding hydrogens is 232 g/mol. The van der Waals surface area contributed by atoms with Gasteiger partial charge in [-0.1, -0.05) is 19.8 Å². The van der Waals surface area contributed by atoms with E-state index in [0.717, 1.165) is 13.0 Å². The number of nitrogens with one attached hydrogen (secondary N) is 1. The SMILES string of the molecule is C#CCCCC(NCC)C1(N2CCCC2)CCCC1. The second-order valence-corrected chi connectivity index (χ2v) is 6.21. The maximum atomic E-state index is 5.42. The second kappa shape index (κ2) is 7.31. The summed E-state index contributed by atoms with van der Waals surface area (Å²) in [6.07, 6.45) is 17.1. The van der Waals surface area contributed by atoms with Gasteiger partial charge in [0.2, 0.25) is 0 Å². The molecule has 0 spiro atoms. The molecule has 0 bridgehead atoms. The fraction of sp³-hybridized carbons (Fsp3) is 0.882. The van der Waals surface area contributed by atoms with Crippen LogP contribution in [0.3, 0.4) is 0 Å². The number of hydrogen-bond acceptors (Lipinski definition) is 2. The zero-order valence-electron chi connectivity index (χ0n) is 12.6. The smallest absolute Gasteiger partial charge is 0.0362 e. The van der Waals surface area contributed by atoms with E-state index >= 15 is 0 Å². The van der Waals surface area contributed by atoms with E-state index in [1.165, 1.54) is 64.5 Å². The molecule has 0 aromatic carbocycles. The summed E-state index contributed by atoms with van der Waals surface area (Å²) in [6.45, 7) is 5.95. The topological polar surface area (TPSA) is 15.3 Å². The number of rotatable bonds is 7. The van der Waals surface area contributed by atoms with Crippen molar-refractivity contribution in [2.75, 3.05) is 19.6 Å². The Morgan fingerprint density at radius 3 is 2.47 bits per heavy atom. The summed E-state index contributed by atoms with van der Waals surface area (Å²) in [5.74, 6) is 2.80. The van der Waals surface area contributed by atoms with Gasteiger partial charge in [0, 0.05) is 18.0 Å². The number of likely N-dealkylation sites (tertiary alicyclic amines) is 1. The molecule has 1 aliphatic carbocycles. The van der Waals surface area contributed by atoms with E-state index in [0.29, 0.717) is 11.6 Å². The molecule has 2 aliphatic rings. The van der Waals surface area contributed by atoms with E-state index in [2.05, 4.69) is 23.1 Å². The molecule has 1 N–H and O–H groups in total. The Hall–Kier alpha value is -0.520. The Balaban J connectivity index is 2.06. The molecule has 2 rings (SSSR count). The first-order valence-electron chi connectivity index (χ1n) is 8.25. The Morgan fingerprint density at radius 1 is 1.21 bits per heavy atom. The summed E-state index contributed by atoms with van der Waals surface area (Å²) in [4.78, 5) is 2.81. The third-order valence-electron chi connectivity index (χ3n) is 5.12. The van der Waals surface area contributed by atoms with Crippen molar-refractivity contribution in [3.8, 4) is 12.3 Å². The molecule has 1 saturated heterocycles. The Bertz CT molecular complexity index is 293. The van der Waals surface area contributed by atoms with Crippen LogP contribution in [0.4, 0.5) is 0 Å². The van der Waals surface area contributed by atoms with E-state index in [9.17, 15) is 0 Å². The van der Waals surface area contributed by atoms with Gasteiger partial charge in [-0.2, -0.15) is 0 Å². The molecule has 2 heteroatoms. The van der Waals surface area contributed by atoms with Crippen molar-refractivity contribution in [1.82, 2.24) is 10.2 Å². The van der Waals surface area contributed by atoms with E-state index in [-0.39, 0.29) is 0 Å². The molecule has 19 heavy (non-hydrogen) atoms. The van der Waals surface area contributed by atoms with Crippen molar-refractivity contribution >= 4 is 0 Å². The lowest BCUT2D eigenvalue weighted by Crippen LogP contribution is -2.59. The van der Waals surface area contributed by atoms with Crippen molar-refractivity contribution in [3.63, 3.8) is 0 Å². The fourth-order valence-corrected chi connectivity index (χ4v) is 4.25. The quantitative estimate of drug-likeness (QED) is 0.560. The van der Waals surface area contributed by atoms with Crippen LogP contribution in [0, 0.1) is 12.3 Å². The monoisotopic (exact) mass is 262 g/mol. The van der Waals surface area contributed by atoms with Crippen molar-refractivity contribution in [2.45, 2.75) is 76.3 Å². The number of unbranched alkanes of at least 4 members (excludes halogenated alkanes) is 1. The standard InChI is InChI=1S/C17H30N2/c1-3-5-6-11-16(18-4-2)17(12-7-8-13-17)19-14-9-10-15-19/h1,16,18H,4-15H2,2H3. The van der Waals surface area contributed by atoms with Crippen LogP contribution in [0.25, 0.3) is 0 Å². The van der Waals surface area contributed by atoms with Crippen molar-refractivity contribution < 1.29 is 0 Å². The lowest BCUT2D eigenvalue weighted by Gasteiger charge is -2.45. The first-order chi connectivity index (χ1) is 9.33. The zero-order valence-corrected chi connectivity index (χ0v) is 12.6. The van der Waals surface area contributed by atoms with Gasteiger partial charge in [0.1, 0.15) is 0 Å². The number of likely N-dealkylation sites (N-methyl/N-ethyl adjacent to an activating group) is 1. The minimum absolute atomic E-state index is 0.446. The first kappa shape index (κ1) is 14.9. The minimum Gasteiger partial charge on any atom is -0.312 e. The third-order valence-corrected chi connectivity index (χ3v) is 5.12. The van der Waals surface area contributed by atoms with Gasteiger partial charge < -0.3 is 5.32 Å². The molecule has 1 saturated carbocycles. The predicted molar refractivity (Wildman–Crippen MR) is 82.2 cm³/mol. The Labute approximate surface area is 119 Å². The molecule has 0 aromatic heterocycles. The summed E-state index contributed by atoms with van der Waals surface area (Å²) >= 11 is 0. The highest BCUT2D eigenvalue weighted by Crippen LogP contribution is 2.41. The molecule has 2 nitrogen and oxygen atoms in total. The average Bonchev–Trinajstić information content (AvgIpc) is 3.09. The van der Waals surface area contributed by atoms with Crippen molar-refractivity contribution in [1.29, 1.82) is 0 Å². The lowest BCUT2D eigenvalue weighted by molar-refractivity contribution is 0.0729. The fourth-order valence-electron chi connectivity index (χ4n) is 4.25. The molecule has 1 unspecified atom stereocenters. The van der Waals surface area contributed by atoms with Gasteiger partial charge in [0.05, 0.1) is 0 Å². The summed E-state index contributed by atoms with van der Waals surface area (Å²) in [6, 6.07) is 0.645. The molecular formula is C17H30N2. The summed E-state index contributed by atoms with van der Waals surface area (Å²) in [7, 11) is 0. The molecule has 1 heterocycles. The summed E-state index contributed by atoms with van der Waals surface area (Å²) in [5.41, 5.74) is 0.446. The number of nitrogens with zero attached hydrogens (tertiary/aromatic N) is 1. The average molecular weight is 262 g/mol. The first-order valence-corrected chi connectivity index (χ1v) is 8.25. The third kappa shape index (κ3) is 3.33. The molecule has 2 fully saturated rings. The number of hydrogen-bond donors (Lipinski definition) is 1. The predicted octanol–water partition coefficient (Wildman–Crippen LogP) is 3.18. The van der Waals surface area contributed by atoms with Gasteiger partial charge >= 0.3 is 0 Å². The van der Waals surface area contributed by atoms with E-state index < -0.39 is 0 Å².